The third kappa shape index (κ3) is 3.09. The molecule has 15 heavy (non-hydrogen) atoms. The zero-order valence-corrected chi connectivity index (χ0v) is 8.39. The highest BCUT2D eigenvalue weighted by molar-refractivity contribution is 5.19. The van der Waals surface area contributed by atoms with E-state index in [1.54, 1.807) is 6.20 Å². The molecule has 75 valence electrons. The van der Waals surface area contributed by atoms with Crippen LogP contribution in [0.15, 0.2) is 48.7 Å². The van der Waals surface area contributed by atoms with Crippen molar-refractivity contribution < 1.29 is 4.74 Å². The van der Waals surface area contributed by atoms with E-state index < -0.39 is 0 Å². The molecule has 1 aromatic carbocycles. The maximum absolute atomic E-state index is 5.51. The van der Waals surface area contributed by atoms with E-state index in [2.05, 4.69) is 11.1 Å². The van der Waals surface area contributed by atoms with Crippen molar-refractivity contribution in [2.75, 3.05) is 6.61 Å². The lowest BCUT2D eigenvalue weighted by atomic mass is 10.3. The minimum absolute atomic E-state index is 0.636. The van der Waals surface area contributed by atoms with Crippen LogP contribution in [0.1, 0.15) is 5.69 Å². The molecule has 0 N–H and O–H groups in total. The molecule has 2 heteroatoms. The fraction of sp³-hybridized carbons (Fsp3) is 0.154. The summed E-state index contributed by atoms with van der Waals surface area (Å²) in [4.78, 5) is 4.22. The number of rotatable bonds is 4. The summed E-state index contributed by atoms with van der Waals surface area (Å²) in [5, 5.41) is 0. The Bertz CT molecular complexity index is 346. The van der Waals surface area contributed by atoms with E-state index in [0.717, 1.165) is 17.9 Å². The van der Waals surface area contributed by atoms with Crippen LogP contribution in [0.4, 0.5) is 0 Å². The van der Waals surface area contributed by atoms with Crippen molar-refractivity contribution in [3.8, 4) is 5.75 Å². The number of hydrogen-bond donors (Lipinski definition) is 0. The van der Waals surface area contributed by atoms with E-state index in [1.165, 1.54) is 0 Å². The summed E-state index contributed by atoms with van der Waals surface area (Å²) in [6.45, 7) is 0.636. The molecule has 0 aliphatic rings. The highest BCUT2D eigenvalue weighted by atomic mass is 16.5. The molecule has 0 aliphatic heterocycles. The second-order valence-corrected chi connectivity index (χ2v) is 3.15. The largest absolute Gasteiger partial charge is 0.493 e. The van der Waals surface area contributed by atoms with Gasteiger partial charge in [-0.05, 0) is 18.2 Å². The number of para-hydroxylation sites is 1. The molecule has 2 rings (SSSR count). The first-order valence-corrected chi connectivity index (χ1v) is 4.94. The van der Waals surface area contributed by atoms with E-state index in [0.29, 0.717) is 6.61 Å². The minimum atomic E-state index is 0.636. The van der Waals surface area contributed by atoms with Crippen molar-refractivity contribution in [3.63, 3.8) is 0 Å². The van der Waals surface area contributed by atoms with Crippen molar-refractivity contribution in [2.24, 2.45) is 0 Å². The van der Waals surface area contributed by atoms with E-state index in [4.69, 9.17) is 4.74 Å². The van der Waals surface area contributed by atoms with Gasteiger partial charge in [0.1, 0.15) is 5.75 Å². The summed E-state index contributed by atoms with van der Waals surface area (Å²) >= 11 is 0. The number of hydrogen-bond acceptors (Lipinski definition) is 2. The lowest BCUT2D eigenvalue weighted by molar-refractivity contribution is 0.320. The van der Waals surface area contributed by atoms with Gasteiger partial charge in [-0.2, -0.15) is 0 Å². The molecule has 1 radical (unpaired) electrons. The third-order valence-corrected chi connectivity index (χ3v) is 2.02. The van der Waals surface area contributed by atoms with Crippen LogP contribution >= 0.6 is 0 Å². The summed E-state index contributed by atoms with van der Waals surface area (Å²) in [5.74, 6) is 0.786. The Morgan fingerprint density at radius 1 is 1.13 bits per heavy atom. The van der Waals surface area contributed by atoms with Gasteiger partial charge in [-0.25, -0.2) is 0 Å². The Morgan fingerprint density at radius 2 is 2.07 bits per heavy atom. The summed E-state index contributed by atoms with van der Waals surface area (Å²) < 4.78 is 5.51. The summed E-state index contributed by atoms with van der Waals surface area (Å²) in [6.07, 6.45) is 2.62. The molecule has 0 atom stereocenters. The standard InChI is InChI=1S/C13H12NO/c1-2-7-13(8-3-1)15-11-9-12-6-4-5-10-14-12/h1-7,10H,9,11H2. The Hall–Kier alpha value is -1.83. The lowest BCUT2D eigenvalue weighted by Gasteiger charge is -2.04. The third-order valence-electron chi connectivity index (χ3n) is 2.02. The van der Waals surface area contributed by atoms with Gasteiger partial charge >= 0.3 is 0 Å². The lowest BCUT2D eigenvalue weighted by Crippen LogP contribution is -2.02. The molecule has 0 aliphatic carbocycles. The van der Waals surface area contributed by atoms with Gasteiger partial charge in [0.05, 0.1) is 6.61 Å². The second-order valence-electron chi connectivity index (χ2n) is 3.15. The normalized spacial score (nSPS) is 9.87. The van der Waals surface area contributed by atoms with Gasteiger partial charge in [-0.1, -0.05) is 24.3 Å². The Morgan fingerprint density at radius 3 is 2.80 bits per heavy atom. The van der Waals surface area contributed by atoms with Crippen molar-refractivity contribution >= 4 is 0 Å². The van der Waals surface area contributed by atoms with Gasteiger partial charge in [-0.15, -0.1) is 0 Å². The van der Waals surface area contributed by atoms with Gasteiger partial charge in [0.25, 0.3) is 0 Å². The molecule has 2 aromatic rings. The van der Waals surface area contributed by atoms with Gasteiger partial charge in [0.2, 0.25) is 0 Å². The van der Waals surface area contributed by atoms with Crippen LogP contribution in [0, 0.1) is 6.07 Å². The molecule has 1 aromatic heterocycles. The van der Waals surface area contributed by atoms with Gasteiger partial charge in [0, 0.05) is 24.4 Å². The summed E-state index contributed by atoms with van der Waals surface area (Å²) in [7, 11) is 0. The molecule has 0 fully saturated rings. The highest BCUT2D eigenvalue weighted by Crippen LogP contribution is 2.07. The minimum Gasteiger partial charge on any atom is -0.493 e. The maximum atomic E-state index is 5.51. The predicted molar refractivity (Wildman–Crippen MR) is 58.7 cm³/mol. The molecule has 0 bridgehead atoms. The van der Waals surface area contributed by atoms with Crippen molar-refractivity contribution in [1.29, 1.82) is 0 Å². The number of nitrogens with zero attached hydrogens (tertiary/aromatic N) is 1. The van der Waals surface area contributed by atoms with Crippen LogP contribution in [0.5, 0.6) is 5.75 Å². The first kappa shape index (κ1) is 9.71. The monoisotopic (exact) mass is 198 g/mol. The van der Waals surface area contributed by atoms with Gasteiger partial charge in [-0.3, -0.25) is 4.98 Å². The van der Waals surface area contributed by atoms with E-state index in [1.807, 2.05) is 42.5 Å². The smallest absolute Gasteiger partial charge is 0.127 e. The summed E-state index contributed by atoms with van der Waals surface area (Å²) in [5.41, 5.74) is 1.05. The van der Waals surface area contributed by atoms with E-state index in [-0.39, 0.29) is 0 Å². The van der Waals surface area contributed by atoms with Crippen LogP contribution < -0.4 is 4.74 Å². The average molecular weight is 198 g/mol. The number of benzene rings is 1. The van der Waals surface area contributed by atoms with Crippen molar-refractivity contribution in [1.82, 2.24) is 4.98 Å². The zero-order valence-electron chi connectivity index (χ0n) is 8.39. The maximum Gasteiger partial charge on any atom is 0.127 e. The number of aromatic nitrogens is 1. The Kier molecular flexibility index (Phi) is 3.34. The molecule has 0 saturated carbocycles. The highest BCUT2D eigenvalue weighted by Gasteiger charge is 1.94. The van der Waals surface area contributed by atoms with E-state index >= 15 is 0 Å². The van der Waals surface area contributed by atoms with Crippen molar-refractivity contribution in [3.05, 3.63) is 60.4 Å². The quantitative estimate of drug-likeness (QED) is 0.753. The Labute approximate surface area is 89.6 Å². The van der Waals surface area contributed by atoms with Crippen LogP contribution in [-0.4, -0.2) is 11.6 Å². The molecule has 0 spiro atoms. The summed E-state index contributed by atoms with van der Waals surface area (Å²) in [6, 6.07) is 16.5. The fourth-order valence-corrected chi connectivity index (χ4v) is 1.28. The first-order valence-electron chi connectivity index (χ1n) is 4.94. The van der Waals surface area contributed by atoms with Crippen molar-refractivity contribution in [2.45, 2.75) is 6.42 Å². The first-order chi connectivity index (χ1) is 7.45. The average Bonchev–Trinajstić information content (AvgIpc) is 2.32. The van der Waals surface area contributed by atoms with Crippen LogP contribution in [-0.2, 0) is 6.42 Å². The molecular formula is C13H12NO. The van der Waals surface area contributed by atoms with Crippen LogP contribution in [0.25, 0.3) is 0 Å². The molecule has 0 amide bonds. The van der Waals surface area contributed by atoms with Gasteiger partial charge < -0.3 is 4.74 Å². The SMILES string of the molecule is [c]1ccccc1OCCc1ccccn1. The fourth-order valence-electron chi connectivity index (χ4n) is 1.28. The Balaban J connectivity index is 1.81. The van der Waals surface area contributed by atoms with Crippen LogP contribution in [0.2, 0.25) is 0 Å². The second kappa shape index (κ2) is 5.15. The number of ether oxygens (including phenoxy) is 1. The molecule has 0 saturated heterocycles. The topological polar surface area (TPSA) is 22.1 Å². The van der Waals surface area contributed by atoms with Crippen LogP contribution in [0.3, 0.4) is 0 Å². The zero-order chi connectivity index (χ0) is 10.3. The van der Waals surface area contributed by atoms with E-state index in [9.17, 15) is 0 Å². The van der Waals surface area contributed by atoms with Gasteiger partial charge in [0.15, 0.2) is 0 Å². The molecular weight excluding hydrogens is 186 g/mol. The molecule has 2 nitrogen and oxygen atoms in total. The number of pyridine rings is 1. The predicted octanol–water partition coefficient (Wildman–Crippen LogP) is 2.50. The molecule has 0 unspecified atom stereocenters. The molecule has 1 heterocycles.